The van der Waals surface area contributed by atoms with Crippen molar-refractivity contribution < 1.29 is 9.13 Å². The quantitative estimate of drug-likeness (QED) is 0.905. The molecule has 0 heterocycles. The van der Waals surface area contributed by atoms with Crippen LogP contribution in [-0.2, 0) is 13.2 Å². The Morgan fingerprint density at radius 2 is 1.63 bits per heavy atom. The third kappa shape index (κ3) is 4.23. The van der Waals surface area contributed by atoms with Crippen molar-refractivity contribution in [3.63, 3.8) is 0 Å². The van der Waals surface area contributed by atoms with E-state index in [4.69, 9.17) is 4.74 Å². The van der Waals surface area contributed by atoms with Crippen LogP contribution in [0.2, 0.25) is 0 Å². The Kier molecular flexibility index (Phi) is 6.33. The molecule has 0 radical (unpaired) electrons. The average Bonchev–Trinajstić information content (AvgIpc) is 2.40. The van der Waals surface area contributed by atoms with Gasteiger partial charge in [-0.15, -0.1) is 12.4 Å². The number of ether oxygens (including phenoxy) is 1. The van der Waals surface area contributed by atoms with E-state index in [0.717, 1.165) is 17.9 Å². The van der Waals surface area contributed by atoms with E-state index >= 15 is 0 Å². The minimum Gasteiger partial charge on any atom is -0.488 e. The standard InChI is InChI=1S/C15H16FNO.ClH/c1-17-10-12-6-3-5-9-15(12)18-11-13-7-2-4-8-14(13)16;/h2-9,17H,10-11H2,1H3;1H. The summed E-state index contributed by atoms with van der Waals surface area (Å²) < 4.78 is 19.1. The van der Waals surface area contributed by atoms with Gasteiger partial charge in [-0.1, -0.05) is 36.4 Å². The first-order valence-electron chi connectivity index (χ1n) is 5.90. The van der Waals surface area contributed by atoms with Gasteiger partial charge < -0.3 is 10.1 Å². The number of para-hydroxylation sites is 1. The molecular weight excluding hydrogens is 265 g/mol. The number of benzene rings is 2. The van der Waals surface area contributed by atoms with Gasteiger partial charge in [-0.2, -0.15) is 0 Å². The van der Waals surface area contributed by atoms with Crippen LogP contribution in [0.5, 0.6) is 5.75 Å². The van der Waals surface area contributed by atoms with E-state index in [2.05, 4.69) is 5.32 Å². The molecule has 0 amide bonds. The van der Waals surface area contributed by atoms with Gasteiger partial charge in [0.05, 0.1) is 0 Å². The zero-order valence-electron chi connectivity index (χ0n) is 10.7. The van der Waals surface area contributed by atoms with Crippen LogP contribution in [0.1, 0.15) is 11.1 Å². The molecule has 0 aliphatic rings. The first-order valence-corrected chi connectivity index (χ1v) is 5.90. The lowest BCUT2D eigenvalue weighted by Gasteiger charge is -2.11. The predicted molar refractivity (Wildman–Crippen MR) is 77.2 cm³/mol. The number of halogens is 2. The van der Waals surface area contributed by atoms with Crippen LogP contribution in [0.15, 0.2) is 48.5 Å². The van der Waals surface area contributed by atoms with Crippen LogP contribution in [0, 0.1) is 5.82 Å². The molecule has 0 aliphatic heterocycles. The SMILES string of the molecule is CNCc1ccccc1OCc1ccccc1F.Cl. The zero-order chi connectivity index (χ0) is 12.8. The molecule has 0 atom stereocenters. The maximum Gasteiger partial charge on any atom is 0.129 e. The second-order valence-corrected chi connectivity index (χ2v) is 4.02. The second-order valence-electron chi connectivity index (χ2n) is 4.02. The Balaban J connectivity index is 0.00000180. The van der Waals surface area contributed by atoms with Gasteiger partial charge >= 0.3 is 0 Å². The van der Waals surface area contributed by atoms with Gasteiger partial charge in [0.25, 0.3) is 0 Å². The monoisotopic (exact) mass is 281 g/mol. The van der Waals surface area contributed by atoms with Crippen LogP contribution >= 0.6 is 12.4 Å². The third-order valence-corrected chi connectivity index (χ3v) is 2.68. The highest BCUT2D eigenvalue weighted by atomic mass is 35.5. The molecule has 2 aromatic carbocycles. The highest BCUT2D eigenvalue weighted by Crippen LogP contribution is 2.19. The molecule has 0 unspecified atom stereocenters. The normalized spacial score (nSPS) is 9.79. The highest BCUT2D eigenvalue weighted by molar-refractivity contribution is 5.85. The van der Waals surface area contributed by atoms with Crippen LogP contribution < -0.4 is 10.1 Å². The highest BCUT2D eigenvalue weighted by Gasteiger charge is 2.04. The van der Waals surface area contributed by atoms with E-state index in [1.165, 1.54) is 6.07 Å². The van der Waals surface area contributed by atoms with Crippen molar-refractivity contribution in [2.45, 2.75) is 13.2 Å². The summed E-state index contributed by atoms with van der Waals surface area (Å²) in [5.41, 5.74) is 1.63. The van der Waals surface area contributed by atoms with E-state index in [-0.39, 0.29) is 24.8 Å². The fraction of sp³-hybridized carbons (Fsp3) is 0.200. The maximum atomic E-state index is 13.4. The molecule has 0 bridgehead atoms. The third-order valence-electron chi connectivity index (χ3n) is 2.68. The second kappa shape index (κ2) is 7.77. The number of rotatable bonds is 5. The number of nitrogens with one attached hydrogen (secondary N) is 1. The lowest BCUT2D eigenvalue weighted by Crippen LogP contribution is -2.07. The molecule has 19 heavy (non-hydrogen) atoms. The van der Waals surface area contributed by atoms with E-state index in [9.17, 15) is 4.39 Å². The summed E-state index contributed by atoms with van der Waals surface area (Å²) in [7, 11) is 1.88. The molecule has 0 saturated heterocycles. The molecule has 0 aromatic heterocycles. The average molecular weight is 282 g/mol. The maximum absolute atomic E-state index is 13.4. The lowest BCUT2D eigenvalue weighted by molar-refractivity contribution is 0.296. The van der Waals surface area contributed by atoms with Gasteiger partial charge in [0.1, 0.15) is 18.2 Å². The topological polar surface area (TPSA) is 21.3 Å². The fourth-order valence-corrected chi connectivity index (χ4v) is 1.75. The zero-order valence-corrected chi connectivity index (χ0v) is 11.5. The molecule has 4 heteroatoms. The summed E-state index contributed by atoms with van der Waals surface area (Å²) in [4.78, 5) is 0. The summed E-state index contributed by atoms with van der Waals surface area (Å²) in [5, 5.41) is 3.08. The number of hydrogen-bond donors (Lipinski definition) is 1. The van der Waals surface area contributed by atoms with Crippen LogP contribution in [0.4, 0.5) is 4.39 Å². The van der Waals surface area contributed by atoms with E-state index in [0.29, 0.717) is 5.56 Å². The first kappa shape index (κ1) is 15.5. The van der Waals surface area contributed by atoms with Crippen molar-refractivity contribution in [3.05, 3.63) is 65.5 Å². The molecule has 2 rings (SSSR count). The first-order chi connectivity index (χ1) is 8.81. The molecule has 2 aromatic rings. The van der Waals surface area contributed by atoms with Crippen LogP contribution in [0.3, 0.4) is 0 Å². The molecule has 1 N–H and O–H groups in total. The Morgan fingerprint density at radius 3 is 2.32 bits per heavy atom. The van der Waals surface area contributed by atoms with Gasteiger partial charge in [0, 0.05) is 17.7 Å². The molecule has 0 aliphatic carbocycles. The van der Waals surface area contributed by atoms with Crippen molar-refractivity contribution in [2.75, 3.05) is 7.05 Å². The van der Waals surface area contributed by atoms with Crippen molar-refractivity contribution in [1.29, 1.82) is 0 Å². The fourth-order valence-electron chi connectivity index (χ4n) is 1.75. The van der Waals surface area contributed by atoms with Gasteiger partial charge in [-0.05, 0) is 19.2 Å². The Morgan fingerprint density at radius 1 is 1.00 bits per heavy atom. The minimum absolute atomic E-state index is 0. The molecule has 0 spiro atoms. The van der Waals surface area contributed by atoms with Crippen molar-refractivity contribution in [3.8, 4) is 5.75 Å². The Labute approximate surface area is 119 Å². The van der Waals surface area contributed by atoms with E-state index < -0.39 is 0 Å². The molecule has 102 valence electrons. The van der Waals surface area contributed by atoms with Crippen LogP contribution in [0.25, 0.3) is 0 Å². The van der Waals surface area contributed by atoms with E-state index in [1.807, 2.05) is 31.3 Å². The summed E-state index contributed by atoms with van der Waals surface area (Å²) in [6.45, 7) is 0.973. The summed E-state index contributed by atoms with van der Waals surface area (Å²) >= 11 is 0. The largest absolute Gasteiger partial charge is 0.488 e. The molecular formula is C15H17ClFNO. The molecule has 0 fully saturated rings. The minimum atomic E-state index is -0.233. The van der Waals surface area contributed by atoms with Gasteiger partial charge in [0.15, 0.2) is 0 Å². The smallest absolute Gasteiger partial charge is 0.129 e. The van der Waals surface area contributed by atoms with Crippen molar-refractivity contribution >= 4 is 12.4 Å². The van der Waals surface area contributed by atoms with Crippen molar-refractivity contribution in [2.24, 2.45) is 0 Å². The lowest BCUT2D eigenvalue weighted by atomic mass is 10.2. The van der Waals surface area contributed by atoms with Gasteiger partial charge in [-0.25, -0.2) is 4.39 Å². The summed E-state index contributed by atoms with van der Waals surface area (Å²) in [5.74, 6) is 0.554. The van der Waals surface area contributed by atoms with E-state index in [1.54, 1.807) is 18.2 Å². The molecule has 2 nitrogen and oxygen atoms in total. The predicted octanol–water partition coefficient (Wildman–Crippen LogP) is 3.55. The summed E-state index contributed by atoms with van der Waals surface area (Å²) in [6, 6.07) is 14.4. The Hall–Kier alpha value is -1.58. The summed E-state index contributed by atoms with van der Waals surface area (Å²) in [6.07, 6.45) is 0. The van der Waals surface area contributed by atoms with Crippen molar-refractivity contribution in [1.82, 2.24) is 5.32 Å². The number of hydrogen-bond acceptors (Lipinski definition) is 2. The van der Waals surface area contributed by atoms with Gasteiger partial charge in [-0.3, -0.25) is 0 Å². The van der Waals surface area contributed by atoms with Crippen LogP contribution in [-0.4, -0.2) is 7.05 Å². The molecule has 0 saturated carbocycles. The Bertz CT molecular complexity index is 519. The van der Waals surface area contributed by atoms with Gasteiger partial charge in [0.2, 0.25) is 0 Å².